The molecular weight excluding hydrogens is 382 g/mol. The second kappa shape index (κ2) is 7.07. The Kier molecular flexibility index (Phi) is 4.24. The number of fused-ring (bicyclic) bond motifs is 4. The van der Waals surface area contributed by atoms with E-state index in [-0.39, 0.29) is 12.4 Å². The van der Waals surface area contributed by atoms with Gasteiger partial charge in [-0.1, -0.05) is 30.3 Å². The average molecular weight is 399 g/mol. The van der Waals surface area contributed by atoms with Gasteiger partial charge in [-0.2, -0.15) is 0 Å². The topological polar surface area (TPSA) is 113 Å². The quantitative estimate of drug-likeness (QED) is 0.357. The number of nitrogens with two attached hydrogens (primary N) is 1. The molecule has 0 fully saturated rings. The minimum Gasteiger partial charge on any atom is -0.462 e. The van der Waals surface area contributed by atoms with Gasteiger partial charge in [0.25, 0.3) is 0 Å². The minimum absolute atomic E-state index is 0.0662. The van der Waals surface area contributed by atoms with E-state index in [4.69, 9.17) is 10.5 Å². The van der Waals surface area contributed by atoms with E-state index in [9.17, 15) is 9.59 Å². The van der Waals surface area contributed by atoms with Gasteiger partial charge in [0.2, 0.25) is 0 Å². The lowest BCUT2D eigenvalue weighted by atomic mass is 10.0. The fraction of sp³-hybridized carbons (Fsp3) is 0.136. The van der Waals surface area contributed by atoms with E-state index < -0.39 is 5.97 Å². The first-order valence-corrected chi connectivity index (χ1v) is 9.50. The molecule has 0 amide bonds. The Morgan fingerprint density at radius 1 is 1.00 bits per heavy atom. The van der Waals surface area contributed by atoms with E-state index in [0.29, 0.717) is 46.6 Å². The summed E-state index contributed by atoms with van der Waals surface area (Å²) < 4.78 is 7.23. The summed E-state index contributed by atoms with van der Waals surface area (Å²) >= 11 is 0. The van der Waals surface area contributed by atoms with Gasteiger partial charge < -0.3 is 15.0 Å². The van der Waals surface area contributed by atoms with Gasteiger partial charge in [0.05, 0.1) is 18.5 Å². The summed E-state index contributed by atoms with van der Waals surface area (Å²) in [4.78, 5) is 37.4. The molecule has 0 bridgehead atoms. The van der Waals surface area contributed by atoms with Crippen molar-refractivity contribution in [3.63, 3.8) is 0 Å². The molecule has 8 heteroatoms. The lowest BCUT2D eigenvalue weighted by Crippen LogP contribution is -2.09. The van der Waals surface area contributed by atoms with Crippen molar-refractivity contribution in [3.05, 3.63) is 71.8 Å². The number of ether oxygens (including phenoxy) is 1. The molecule has 148 valence electrons. The van der Waals surface area contributed by atoms with Crippen LogP contribution in [0.25, 0.3) is 22.3 Å². The molecule has 0 saturated carbocycles. The van der Waals surface area contributed by atoms with Crippen molar-refractivity contribution in [2.45, 2.75) is 13.0 Å². The van der Waals surface area contributed by atoms with Crippen LogP contribution in [0.4, 0.5) is 5.82 Å². The third kappa shape index (κ3) is 2.89. The Hall–Kier alpha value is -4.07. The third-order valence-corrected chi connectivity index (χ3v) is 5.17. The van der Waals surface area contributed by atoms with Crippen molar-refractivity contribution in [1.29, 1.82) is 0 Å². The van der Waals surface area contributed by atoms with Crippen LogP contribution in [-0.2, 0) is 11.3 Å². The number of benzene rings is 2. The van der Waals surface area contributed by atoms with Crippen molar-refractivity contribution in [3.8, 4) is 11.1 Å². The number of rotatable bonds is 5. The molecule has 5 rings (SSSR count). The molecule has 4 aromatic rings. The first kappa shape index (κ1) is 18.0. The number of hydrogen-bond acceptors (Lipinski definition) is 7. The number of imidazole rings is 1. The van der Waals surface area contributed by atoms with Gasteiger partial charge >= 0.3 is 5.97 Å². The molecule has 0 unspecified atom stereocenters. The number of aromatic nitrogens is 4. The Bertz CT molecular complexity index is 1310. The average Bonchev–Trinajstić information content (AvgIpc) is 3.31. The molecule has 2 N–H and O–H groups in total. The highest BCUT2D eigenvalue weighted by Gasteiger charge is 2.27. The van der Waals surface area contributed by atoms with E-state index in [1.165, 1.54) is 6.33 Å². The molecular formula is C22H17N5O3. The highest BCUT2D eigenvalue weighted by atomic mass is 16.5. The summed E-state index contributed by atoms with van der Waals surface area (Å²) in [6.45, 7) is 0.794. The van der Waals surface area contributed by atoms with Crippen molar-refractivity contribution in [2.75, 3.05) is 12.3 Å². The van der Waals surface area contributed by atoms with E-state index in [2.05, 4.69) is 15.0 Å². The number of hydrogen-bond donors (Lipinski definition) is 1. The monoisotopic (exact) mass is 399 g/mol. The Balaban J connectivity index is 1.23. The molecule has 8 nitrogen and oxygen atoms in total. The van der Waals surface area contributed by atoms with Crippen LogP contribution in [0.5, 0.6) is 0 Å². The van der Waals surface area contributed by atoms with Crippen molar-refractivity contribution < 1.29 is 14.3 Å². The summed E-state index contributed by atoms with van der Waals surface area (Å²) in [7, 11) is 0. The largest absolute Gasteiger partial charge is 0.462 e. The first-order valence-electron chi connectivity index (χ1n) is 9.50. The fourth-order valence-corrected chi connectivity index (χ4v) is 3.70. The first-order chi connectivity index (χ1) is 14.6. The van der Waals surface area contributed by atoms with Gasteiger partial charge in [-0.15, -0.1) is 0 Å². The van der Waals surface area contributed by atoms with Gasteiger partial charge in [0, 0.05) is 17.7 Å². The van der Waals surface area contributed by atoms with Crippen LogP contribution < -0.4 is 5.73 Å². The van der Waals surface area contributed by atoms with Crippen LogP contribution in [0.15, 0.2) is 55.1 Å². The molecule has 2 aromatic heterocycles. The predicted molar refractivity (Wildman–Crippen MR) is 110 cm³/mol. The molecule has 2 heterocycles. The standard InChI is InChI=1S/C22H17N5O3/c23-20-18-21(25-11-24-20)27(12-26-18)8-3-9-30-22(29)13-6-7-15-14-4-1-2-5-16(14)19(28)17(15)10-13/h1-2,4-7,10-12H,3,8-9H2,(H2,23,24,25). The van der Waals surface area contributed by atoms with Crippen molar-refractivity contribution in [1.82, 2.24) is 19.5 Å². The maximum absolute atomic E-state index is 12.6. The van der Waals surface area contributed by atoms with Gasteiger partial charge in [-0.3, -0.25) is 4.79 Å². The summed E-state index contributed by atoms with van der Waals surface area (Å²) in [5.74, 6) is -0.189. The molecule has 1 aliphatic rings. The van der Waals surface area contributed by atoms with E-state index in [1.54, 1.807) is 30.6 Å². The van der Waals surface area contributed by atoms with E-state index in [1.807, 2.05) is 22.8 Å². The summed E-state index contributed by atoms with van der Waals surface area (Å²) in [5.41, 5.74) is 10.3. The molecule has 1 aliphatic carbocycles. The highest BCUT2D eigenvalue weighted by Crippen LogP contribution is 2.36. The van der Waals surface area contributed by atoms with Gasteiger partial charge in [0.1, 0.15) is 11.8 Å². The molecule has 2 aromatic carbocycles. The number of anilines is 1. The van der Waals surface area contributed by atoms with E-state index in [0.717, 1.165) is 11.1 Å². The van der Waals surface area contributed by atoms with Crippen LogP contribution in [0.1, 0.15) is 32.7 Å². The molecule has 0 aliphatic heterocycles. The van der Waals surface area contributed by atoms with Crippen LogP contribution in [-0.4, -0.2) is 37.9 Å². The summed E-state index contributed by atoms with van der Waals surface area (Å²) in [6, 6.07) is 12.6. The van der Waals surface area contributed by atoms with Gasteiger partial charge in [0.15, 0.2) is 17.2 Å². The molecule has 0 radical (unpaired) electrons. The summed E-state index contributed by atoms with van der Waals surface area (Å²) in [5, 5.41) is 0. The third-order valence-electron chi connectivity index (χ3n) is 5.17. The fourth-order valence-electron chi connectivity index (χ4n) is 3.70. The van der Waals surface area contributed by atoms with Crippen molar-refractivity contribution in [2.24, 2.45) is 0 Å². The lowest BCUT2D eigenvalue weighted by Gasteiger charge is -2.07. The smallest absolute Gasteiger partial charge is 0.338 e. The predicted octanol–water partition coefficient (Wildman–Crippen LogP) is 2.87. The normalized spacial score (nSPS) is 12.1. The number of nitrogens with zero attached hydrogens (tertiary/aromatic N) is 4. The van der Waals surface area contributed by atoms with Gasteiger partial charge in [-0.05, 0) is 29.7 Å². The zero-order chi connectivity index (χ0) is 20.7. The molecule has 30 heavy (non-hydrogen) atoms. The number of nitrogen functional groups attached to an aromatic ring is 1. The highest BCUT2D eigenvalue weighted by molar-refractivity contribution is 6.22. The van der Waals surface area contributed by atoms with Crippen LogP contribution >= 0.6 is 0 Å². The maximum Gasteiger partial charge on any atom is 0.338 e. The van der Waals surface area contributed by atoms with Crippen molar-refractivity contribution >= 4 is 28.7 Å². The zero-order valence-electron chi connectivity index (χ0n) is 15.9. The molecule has 0 saturated heterocycles. The number of carbonyl (C=O) groups is 2. The number of ketones is 1. The molecule has 0 atom stereocenters. The lowest BCUT2D eigenvalue weighted by molar-refractivity contribution is 0.0496. The Labute approximate surface area is 171 Å². The van der Waals surface area contributed by atoms with Gasteiger partial charge in [-0.25, -0.2) is 19.7 Å². The second-order valence-corrected chi connectivity index (χ2v) is 6.99. The SMILES string of the molecule is Nc1ncnc2c1ncn2CCCOC(=O)c1ccc2c(c1)C(=O)c1ccccc1-2. The van der Waals surface area contributed by atoms with E-state index >= 15 is 0 Å². The number of carbonyl (C=O) groups excluding carboxylic acids is 2. The van der Waals surface area contributed by atoms with Crippen LogP contribution in [0.3, 0.4) is 0 Å². The molecule has 0 spiro atoms. The second-order valence-electron chi connectivity index (χ2n) is 6.99. The minimum atomic E-state index is -0.455. The number of esters is 1. The zero-order valence-corrected chi connectivity index (χ0v) is 15.9. The maximum atomic E-state index is 12.6. The Morgan fingerprint density at radius 2 is 1.80 bits per heavy atom. The number of aryl methyl sites for hydroxylation is 1. The Morgan fingerprint density at radius 3 is 2.67 bits per heavy atom. The van der Waals surface area contributed by atoms with Crippen LogP contribution in [0, 0.1) is 0 Å². The summed E-state index contributed by atoms with van der Waals surface area (Å²) in [6.07, 6.45) is 3.61. The van der Waals surface area contributed by atoms with Crippen LogP contribution in [0.2, 0.25) is 0 Å².